The molecule has 0 aliphatic heterocycles. The third-order valence-electron chi connectivity index (χ3n) is 3.82. The average Bonchev–Trinajstić information content (AvgIpc) is 3.14. The van der Waals surface area contributed by atoms with Gasteiger partial charge < -0.3 is 9.30 Å². The Bertz CT molecular complexity index is 886. The van der Waals surface area contributed by atoms with Gasteiger partial charge in [-0.1, -0.05) is 29.3 Å². The Balaban J connectivity index is 0.00000261. The van der Waals surface area contributed by atoms with Crippen molar-refractivity contribution in [1.82, 2.24) is 9.55 Å². The molecule has 0 fully saturated rings. The van der Waals surface area contributed by atoms with Crippen LogP contribution in [0.5, 0.6) is 0 Å². The second kappa shape index (κ2) is 10.0. The first-order valence-corrected chi connectivity index (χ1v) is 9.80. The molecule has 0 amide bonds. The Morgan fingerprint density at radius 2 is 1.96 bits per heavy atom. The minimum absolute atomic E-state index is 0. The number of hydrogen-bond donors (Lipinski definition) is 0. The van der Waals surface area contributed by atoms with Crippen LogP contribution in [-0.4, -0.2) is 21.8 Å². The maximum atomic E-state index is 12.6. The van der Waals surface area contributed by atoms with Crippen LogP contribution < -0.4 is 0 Å². The lowest BCUT2D eigenvalue weighted by Gasteiger charge is -2.20. The van der Waals surface area contributed by atoms with E-state index < -0.39 is 12.1 Å². The third-order valence-corrected chi connectivity index (χ3v) is 5.13. The van der Waals surface area contributed by atoms with Gasteiger partial charge in [0.15, 0.2) is 0 Å². The molecule has 0 N–H and O–H groups in total. The van der Waals surface area contributed by atoms with Crippen LogP contribution in [0.15, 0.2) is 66.1 Å². The predicted molar refractivity (Wildman–Crippen MR) is 112 cm³/mol. The molecule has 4 nitrogen and oxygen atoms in total. The van der Waals surface area contributed by atoms with Crippen LogP contribution >= 0.6 is 47.4 Å². The van der Waals surface area contributed by atoms with E-state index in [1.54, 1.807) is 60.8 Å². The number of ether oxygens (including phenoxy) is 1. The number of halogens is 3. The molecule has 27 heavy (non-hydrogen) atoms. The molecule has 0 aliphatic carbocycles. The maximum Gasteiger partial charge on any atom is 0.338 e. The van der Waals surface area contributed by atoms with Crippen LogP contribution in [0.25, 0.3) is 0 Å². The highest BCUT2D eigenvalue weighted by Crippen LogP contribution is 2.30. The fourth-order valence-electron chi connectivity index (χ4n) is 2.47. The van der Waals surface area contributed by atoms with Crippen molar-refractivity contribution >= 4 is 53.3 Å². The van der Waals surface area contributed by atoms with Crippen LogP contribution in [0, 0.1) is 0 Å². The standard InChI is InChI=1S/C19H16Cl2N2O2S.ClH/c1-26-15-5-2-13(3-6-15)19(24)25-18(11-23-9-8-22-12-23)16-7-4-14(20)10-17(16)21;/h2-10,12,18H,11H2,1H3;1H. The summed E-state index contributed by atoms with van der Waals surface area (Å²) in [5.41, 5.74) is 1.18. The van der Waals surface area contributed by atoms with Crippen molar-refractivity contribution in [3.8, 4) is 0 Å². The predicted octanol–water partition coefficient (Wildman–Crippen LogP) is 5.93. The number of esters is 1. The lowest BCUT2D eigenvalue weighted by Crippen LogP contribution is -2.17. The van der Waals surface area contributed by atoms with Gasteiger partial charge in [-0.15, -0.1) is 24.2 Å². The molecule has 1 unspecified atom stereocenters. The molecule has 2 aromatic carbocycles. The van der Waals surface area contributed by atoms with Crippen molar-refractivity contribution in [1.29, 1.82) is 0 Å². The lowest BCUT2D eigenvalue weighted by molar-refractivity contribution is 0.0255. The lowest BCUT2D eigenvalue weighted by atomic mass is 10.1. The van der Waals surface area contributed by atoms with Crippen LogP contribution in [-0.2, 0) is 11.3 Å². The molecule has 0 spiro atoms. The summed E-state index contributed by atoms with van der Waals surface area (Å²) < 4.78 is 7.60. The number of benzene rings is 2. The van der Waals surface area contributed by atoms with Gasteiger partial charge in [0.25, 0.3) is 0 Å². The van der Waals surface area contributed by atoms with Crippen molar-refractivity contribution in [3.63, 3.8) is 0 Å². The number of rotatable bonds is 6. The van der Waals surface area contributed by atoms with E-state index in [9.17, 15) is 4.79 Å². The summed E-state index contributed by atoms with van der Waals surface area (Å²) in [6.45, 7) is 0.399. The Morgan fingerprint density at radius 1 is 1.22 bits per heavy atom. The molecule has 0 saturated carbocycles. The Morgan fingerprint density at radius 3 is 2.56 bits per heavy atom. The zero-order chi connectivity index (χ0) is 18.5. The summed E-state index contributed by atoms with van der Waals surface area (Å²) in [5, 5.41) is 0.979. The third kappa shape index (κ3) is 5.66. The van der Waals surface area contributed by atoms with E-state index in [-0.39, 0.29) is 12.4 Å². The van der Waals surface area contributed by atoms with Gasteiger partial charge in [0.1, 0.15) is 6.10 Å². The highest BCUT2D eigenvalue weighted by atomic mass is 35.5. The van der Waals surface area contributed by atoms with Crippen molar-refractivity contribution in [2.75, 3.05) is 6.26 Å². The van der Waals surface area contributed by atoms with E-state index in [1.165, 1.54) is 0 Å². The Kier molecular flexibility index (Phi) is 8.05. The number of carbonyl (C=O) groups excluding carboxylic acids is 1. The number of carbonyl (C=O) groups is 1. The summed E-state index contributed by atoms with van der Waals surface area (Å²) in [7, 11) is 0. The molecule has 8 heteroatoms. The zero-order valence-corrected chi connectivity index (χ0v) is 17.5. The van der Waals surface area contributed by atoms with Crippen molar-refractivity contribution in [3.05, 3.63) is 82.4 Å². The van der Waals surface area contributed by atoms with Gasteiger partial charge in [0.2, 0.25) is 0 Å². The summed E-state index contributed by atoms with van der Waals surface area (Å²) in [6, 6.07) is 12.4. The highest BCUT2D eigenvalue weighted by Gasteiger charge is 2.21. The minimum Gasteiger partial charge on any atom is -0.452 e. The van der Waals surface area contributed by atoms with Gasteiger partial charge >= 0.3 is 5.97 Å². The second-order valence-electron chi connectivity index (χ2n) is 5.55. The molecule has 0 aliphatic rings. The monoisotopic (exact) mass is 442 g/mol. The Hall–Kier alpha value is -1.66. The summed E-state index contributed by atoms with van der Waals surface area (Å²) >= 11 is 13.9. The summed E-state index contributed by atoms with van der Waals surface area (Å²) in [5.74, 6) is -0.409. The highest BCUT2D eigenvalue weighted by molar-refractivity contribution is 7.98. The van der Waals surface area contributed by atoms with E-state index in [2.05, 4.69) is 4.98 Å². The molecule has 1 aromatic heterocycles. The zero-order valence-electron chi connectivity index (χ0n) is 14.3. The number of imidazole rings is 1. The second-order valence-corrected chi connectivity index (χ2v) is 7.27. The number of aromatic nitrogens is 2. The molecule has 0 bridgehead atoms. The molecule has 142 valence electrons. The average molecular weight is 444 g/mol. The van der Waals surface area contributed by atoms with E-state index in [0.717, 1.165) is 4.90 Å². The van der Waals surface area contributed by atoms with Gasteiger partial charge in [0.05, 0.1) is 18.4 Å². The SMILES string of the molecule is CSc1ccc(C(=O)OC(Cn2ccnc2)c2ccc(Cl)cc2Cl)cc1.Cl. The molecule has 3 rings (SSSR count). The first kappa shape index (κ1) is 21.6. The fourth-order valence-corrected chi connectivity index (χ4v) is 3.41. The van der Waals surface area contributed by atoms with Crippen LogP contribution in [0.1, 0.15) is 22.0 Å². The number of hydrogen-bond acceptors (Lipinski definition) is 4. The first-order chi connectivity index (χ1) is 12.6. The van der Waals surface area contributed by atoms with Crippen molar-refractivity contribution in [2.45, 2.75) is 17.5 Å². The normalized spacial score (nSPS) is 11.5. The largest absolute Gasteiger partial charge is 0.452 e. The number of thioether (sulfide) groups is 1. The maximum absolute atomic E-state index is 12.6. The topological polar surface area (TPSA) is 44.1 Å². The molecule has 1 heterocycles. The minimum atomic E-state index is -0.568. The quantitative estimate of drug-likeness (QED) is 0.350. The molecule has 1 atom stereocenters. The van der Waals surface area contributed by atoms with E-state index >= 15 is 0 Å². The molecule has 3 aromatic rings. The van der Waals surface area contributed by atoms with Crippen LogP contribution in [0.4, 0.5) is 0 Å². The van der Waals surface area contributed by atoms with Crippen LogP contribution in [0.2, 0.25) is 10.0 Å². The summed E-state index contributed by atoms with van der Waals surface area (Å²) in [4.78, 5) is 17.7. The van der Waals surface area contributed by atoms with E-state index in [1.807, 2.05) is 23.0 Å². The molecular formula is C19H17Cl3N2O2S. The fraction of sp³-hybridized carbons (Fsp3) is 0.158. The van der Waals surface area contributed by atoms with Gasteiger partial charge in [0, 0.05) is 32.9 Å². The van der Waals surface area contributed by atoms with Crippen LogP contribution in [0.3, 0.4) is 0 Å². The van der Waals surface area contributed by atoms with Gasteiger partial charge in [-0.2, -0.15) is 0 Å². The molecule has 0 saturated heterocycles. The van der Waals surface area contributed by atoms with Crippen molar-refractivity contribution < 1.29 is 9.53 Å². The van der Waals surface area contributed by atoms with Gasteiger partial charge in [-0.25, -0.2) is 9.78 Å². The van der Waals surface area contributed by atoms with E-state index in [4.69, 9.17) is 27.9 Å². The smallest absolute Gasteiger partial charge is 0.338 e. The van der Waals surface area contributed by atoms with Gasteiger partial charge in [-0.05, 0) is 42.7 Å². The van der Waals surface area contributed by atoms with E-state index in [0.29, 0.717) is 27.7 Å². The summed E-state index contributed by atoms with van der Waals surface area (Å²) in [6.07, 6.45) is 6.55. The number of nitrogens with zero attached hydrogens (tertiary/aromatic N) is 2. The molecule has 0 radical (unpaired) electrons. The first-order valence-electron chi connectivity index (χ1n) is 7.82. The van der Waals surface area contributed by atoms with Crippen molar-refractivity contribution in [2.24, 2.45) is 0 Å². The Labute approximate surface area is 178 Å². The molecular weight excluding hydrogens is 427 g/mol. The van der Waals surface area contributed by atoms with Gasteiger partial charge in [-0.3, -0.25) is 0 Å².